The highest BCUT2D eigenvalue weighted by Crippen LogP contribution is 2.25. The fourth-order valence-electron chi connectivity index (χ4n) is 7.79. The van der Waals surface area contributed by atoms with Crippen LogP contribution in [0.1, 0.15) is 63.6 Å². The van der Waals surface area contributed by atoms with Gasteiger partial charge in [-0.2, -0.15) is 0 Å². The highest BCUT2D eigenvalue weighted by Gasteiger charge is 2.37. The van der Waals surface area contributed by atoms with Crippen molar-refractivity contribution in [1.29, 1.82) is 0 Å². The zero-order valence-electron chi connectivity index (χ0n) is 45.0. The topological polar surface area (TPSA) is 444 Å². The van der Waals surface area contributed by atoms with E-state index in [1.807, 2.05) is 18.2 Å². The van der Waals surface area contributed by atoms with Crippen LogP contribution in [0.2, 0.25) is 0 Å². The van der Waals surface area contributed by atoms with Crippen LogP contribution in [-0.4, -0.2) is 173 Å². The van der Waals surface area contributed by atoms with Gasteiger partial charge in [0.25, 0.3) is 11.9 Å². The van der Waals surface area contributed by atoms with Gasteiger partial charge in [0.15, 0.2) is 6.04 Å². The number of nitrogens with one attached hydrogen (secondary N) is 8. The lowest BCUT2D eigenvalue weighted by atomic mass is 10.0. The number of aromatic nitrogens is 1. The van der Waals surface area contributed by atoms with Crippen LogP contribution in [-0.2, 0) is 67.2 Å². The zero-order valence-corrected chi connectivity index (χ0v) is 46.6. The van der Waals surface area contributed by atoms with Gasteiger partial charge in [-0.25, -0.2) is 4.79 Å². The van der Waals surface area contributed by atoms with Crippen LogP contribution in [0, 0.1) is 0 Å². The molecule has 0 spiro atoms. The maximum absolute atomic E-state index is 14.7. The SMILES string of the molecule is CC(=O)O.CC(=O)O.C[C@@H](O)[C@H](NC(=O)[C@@H]1CSSC[C@H](NC(=O)[C@H](N)Cc2ccccc2)C(=O)N[C@@H](Cc2ccc(O)cc2)C(=O)N[C@H](Cc2c[nH]c3ccccc23)C(=O)N[C@@H](CCCCN)C(=O)N[C@@H]([C@@H](C)O)C(=O)N1)C(=O)O. The number of amides is 7. The second kappa shape index (κ2) is 34.4. The molecule has 4 aromatic rings. The maximum atomic E-state index is 14.7. The molecule has 5 rings (SSSR count). The number of aliphatic hydroxyl groups is 2. The first kappa shape index (κ1) is 67.5. The van der Waals surface area contributed by atoms with E-state index in [9.17, 15) is 58.8 Å². The Bertz CT molecular complexity index is 2730. The molecule has 28 heteroatoms. The number of phenols is 1. The highest BCUT2D eigenvalue weighted by molar-refractivity contribution is 8.76. The van der Waals surface area contributed by atoms with E-state index in [1.165, 1.54) is 31.2 Å². The van der Waals surface area contributed by atoms with E-state index < -0.39 is 120 Å². The highest BCUT2D eigenvalue weighted by atomic mass is 33.1. The lowest BCUT2D eigenvalue weighted by Gasteiger charge is -2.29. The van der Waals surface area contributed by atoms with E-state index in [0.29, 0.717) is 24.0 Å². The molecule has 26 nitrogen and oxygen atoms in total. The molecule has 442 valence electrons. The number of unbranched alkanes of at least 4 members (excludes halogenated alkanes) is 1. The number of aromatic amines is 1. The zero-order chi connectivity index (χ0) is 60.3. The number of carbonyl (C=O) groups excluding carboxylic acids is 7. The molecule has 3 aromatic carbocycles. The summed E-state index contributed by atoms with van der Waals surface area (Å²) in [6.45, 7) is 4.73. The molecule has 0 bridgehead atoms. The lowest BCUT2D eigenvalue weighted by molar-refractivity contribution is -0.145. The van der Waals surface area contributed by atoms with E-state index in [2.05, 4.69) is 42.2 Å². The number of H-pyrrole nitrogens is 1. The Morgan fingerprint density at radius 2 is 1.23 bits per heavy atom. The van der Waals surface area contributed by atoms with E-state index in [0.717, 1.165) is 58.8 Å². The first-order chi connectivity index (χ1) is 38.3. The molecule has 81 heavy (non-hydrogen) atoms. The molecule has 2 heterocycles. The van der Waals surface area contributed by atoms with Crippen LogP contribution in [0.25, 0.3) is 10.9 Å². The molecule has 18 N–H and O–H groups in total. The number of rotatable bonds is 17. The summed E-state index contributed by atoms with van der Waals surface area (Å²) in [5.41, 5.74) is 14.7. The largest absolute Gasteiger partial charge is 0.508 e. The maximum Gasteiger partial charge on any atom is 0.328 e. The molecule has 10 atom stereocenters. The Morgan fingerprint density at radius 1 is 0.679 bits per heavy atom. The van der Waals surface area contributed by atoms with Crippen molar-refractivity contribution in [3.63, 3.8) is 0 Å². The van der Waals surface area contributed by atoms with Gasteiger partial charge in [0.2, 0.25) is 41.4 Å². The molecule has 7 amide bonds. The van der Waals surface area contributed by atoms with Crippen molar-refractivity contribution in [3.05, 3.63) is 102 Å². The predicted octanol–water partition coefficient (Wildman–Crippen LogP) is -0.826. The Kier molecular flexibility index (Phi) is 28.7. The van der Waals surface area contributed by atoms with Gasteiger partial charge in [0, 0.05) is 55.3 Å². The summed E-state index contributed by atoms with van der Waals surface area (Å²) in [6.07, 6.45) is -1.03. The third kappa shape index (κ3) is 23.9. The van der Waals surface area contributed by atoms with Crippen molar-refractivity contribution in [1.82, 2.24) is 42.2 Å². The molecule has 1 aliphatic rings. The van der Waals surface area contributed by atoms with Crippen molar-refractivity contribution in [2.24, 2.45) is 11.5 Å². The van der Waals surface area contributed by atoms with Crippen molar-refractivity contribution in [2.45, 2.75) is 127 Å². The standard InChI is InChI=1S/C49H64N10O12S2.2C2H4O2/c1-26(60)40-48(69)57-39(47(68)59-41(27(2)61)49(70)71)25-73-72-24-38(56-42(63)33(51)20-28-10-4-3-5-11-28)46(67)54-36(21-29-15-17-31(62)18-16-29)44(65)55-37(22-30-23-52-34-13-7-6-12-32(30)34)45(66)53-35(43(64)58-40)14-8-9-19-50;2*1-2(3)4/h3-7,10-13,15-18,23,26-27,33,35-41,52,60-62H,8-9,14,19-22,24-25,50-51H2,1-2H3,(H,53,66)(H,54,67)(H,55,65)(H,56,63)(H,57,69)(H,58,64)(H,59,68)(H,70,71);2*1H3,(H,3,4)/t26-,27-,33-,35+,36+,37-,38+,39+,40+,41+;;/m1../s1. The number of hydrogen-bond donors (Lipinski definition) is 16. The lowest BCUT2D eigenvalue weighted by Crippen LogP contribution is -2.62. The smallest absolute Gasteiger partial charge is 0.328 e. The second-order valence-corrected chi connectivity index (χ2v) is 21.3. The van der Waals surface area contributed by atoms with Crippen LogP contribution < -0.4 is 48.7 Å². The molecule has 1 saturated heterocycles. The van der Waals surface area contributed by atoms with Crippen LogP contribution in [0.15, 0.2) is 85.1 Å². The third-order valence-corrected chi connectivity index (χ3v) is 14.3. The Balaban J connectivity index is 0.00000201. The first-order valence-corrected chi connectivity index (χ1v) is 28.0. The monoisotopic (exact) mass is 1170 g/mol. The Hall–Kier alpha value is -7.76. The number of carboxylic acid groups (broad SMARTS) is 3. The summed E-state index contributed by atoms with van der Waals surface area (Å²) >= 11 is 0. The van der Waals surface area contributed by atoms with Gasteiger partial charge in [0.05, 0.1) is 18.2 Å². The molecule has 0 saturated carbocycles. The first-order valence-electron chi connectivity index (χ1n) is 25.5. The van der Waals surface area contributed by atoms with Gasteiger partial charge in [-0.1, -0.05) is 82.3 Å². The fourth-order valence-corrected chi connectivity index (χ4v) is 10.1. The van der Waals surface area contributed by atoms with E-state index in [4.69, 9.17) is 31.3 Å². The third-order valence-electron chi connectivity index (χ3n) is 11.9. The number of carboxylic acids is 3. The number of aromatic hydroxyl groups is 1. The summed E-state index contributed by atoms with van der Waals surface area (Å²) < 4.78 is 0. The number of hydrogen-bond acceptors (Lipinski definition) is 17. The number of aliphatic carboxylic acids is 3. The number of carbonyl (C=O) groups is 10. The summed E-state index contributed by atoms with van der Waals surface area (Å²) in [5, 5.41) is 74.4. The number of nitrogens with two attached hydrogens (primary N) is 2. The minimum Gasteiger partial charge on any atom is -0.508 e. The summed E-state index contributed by atoms with van der Waals surface area (Å²) in [7, 11) is 1.86. The minimum atomic E-state index is -1.82. The molecule has 0 aliphatic carbocycles. The van der Waals surface area contributed by atoms with Gasteiger partial charge in [-0.05, 0) is 81.0 Å². The average molecular weight is 1170 g/mol. The fraction of sp³-hybridized carbons (Fsp3) is 0.434. The average Bonchev–Trinajstić information content (AvgIpc) is 3.82. The second-order valence-electron chi connectivity index (χ2n) is 18.7. The molecular formula is C53H72N10O16S2. The number of aliphatic hydroxyl groups excluding tert-OH is 2. The molecular weight excluding hydrogens is 1100 g/mol. The van der Waals surface area contributed by atoms with E-state index in [-0.39, 0.29) is 49.5 Å². The minimum absolute atomic E-state index is 0.0207. The van der Waals surface area contributed by atoms with Crippen molar-refractivity contribution in [3.8, 4) is 5.75 Å². The van der Waals surface area contributed by atoms with Crippen LogP contribution in [0.5, 0.6) is 5.75 Å². The predicted molar refractivity (Wildman–Crippen MR) is 301 cm³/mol. The van der Waals surface area contributed by atoms with Crippen molar-refractivity contribution >= 4 is 91.7 Å². The number of fused-ring (bicyclic) bond motifs is 1. The van der Waals surface area contributed by atoms with Gasteiger partial charge < -0.3 is 84.3 Å². The summed E-state index contributed by atoms with van der Waals surface area (Å²) in [6, 6.07) is 9.98. The normalized spacial score (nSPS) is 20.9. The molecule has 0 radical (unpaired) electrons. The van der Waals surface area contributed by atoms with Crippen LogP contribution >= 0.6 is 21.6 Å². The van der Waals surface area contributed by atoms with Crippen LogP contribution in [0.4, 0.5) is 0 Å². The quantitative estimate of drug-likeness (QED) is 0.0453. The van der Waals surface area contributed by atoms with Gasteiger partial charge in [-0.3, -0.25) is 43.2 Å². The van der Waals surface area contributed by atoms with Crippen molar-refractivity contribution in [2.75, 3.05) is 18.1 Å². The molecule has 0 unspecified atom stereocenters. The van der Waals surface area contributed by atoms with Gasteiger partial charge in [0.1, 0.15) is 42.0 Å². The Labute approximate surface area is 474 Å². The van der Waals surface area contributed by atoms with E-state index >= 15 is 0 Å². The van der Waals surface area contributed by atoms with Gasteiger partial charge in [-0.15, -0.1) is 0 Å². The number of benzene rings is 3. The summed E-state index contributed by atoms with van der Waals surface area (Å²) in [5.74, 6) is -10.3. The van der Waals surface area contributed by atoms with E-state index in [1.54, 1.807) is 42.6 Å². The Morgan fingerprint density at radius 3 is 1.83 bits per heavy atom. The number of phenolic OH excluding ortho intramolecular Hbond substituents is 1. The molecule has 1 aromatic heterocycles. The van der Waals surface area contributed by atoms with Crippen molar-refractivity contribution < 1.29 is 78.6 Å². The molecule has 1 fully saturated rings. The molecule has 1 aliphatic heterocycles. The van der Waals surface area contributed by atoms with Crippen LogP contribution in [0.3, 0.4) is 0 Å². The van der Waals surface area contributed by atoms with Gasteiger partial charge >= 0.3 is 5.97 Å². The summed E-state index contributed by atoms with van der Waals surface area (Å²) in [4.78, 5) is 133. The number of para-hydroxylation sites is 1.